The Balaban J connectivity index is 1.51. The topological polar surface area (TPSA) is 144 Å². The number of hydrogen-bond acceptors (Lipinski definition) is 11. The van der Waals surface area contributed by atoms with Crippen LogP contribution in [0.2, 0.25) is 0 Å². The standard InChI is InChI=1S/C21H17N7O4S2/c1-11-25-26-20(33-11)24-19(30)14(9-22)6-13-4-5-16(17(7-13)31-3)32-10-15-8-18(29)28-21(23-15)34-12(2)27-28/h4-8H,10H2,1-3H3,(H,24,26,30)/b14-6-. The predicted octanol–water partition coefficient (Wildman–Crippen LogP) is 2.75. The first-order chi connectivity index (χ1) is 16.4. The highest BCUT2D eigenvalue weighted by atomic mass is 32.1. The average Bonchev–Trinajstić information content (AvgIpc) is 3.40. The number of nitrogens with one attached hydrogen (secondary N) is 1. The highest BCUT2D eigenvalue weighted by Crippen LogP contribution is 2.30. The van der Waals surface area contributed by atoms with Crippen molar-refractivity contribution in [2.75, 3.05) is 12.4 Å². The van der Waals surface area contributed by atoms with Gasteiger partial charge in [0.15, 0.2) is 11.5 Å². The second-order valence-electron chi connectivity index (χ2n) is 6.85. The lowest BCUT2D eigenvalue weighted by Gasteiger charge is -2.11. The van der Waals surface area contributed by atoms with Crippen LogP contribution in [0.4, 0.5) is 5.13 Å². The molecular formula is C21H17N7O4S2. The van der Waals surface area contributed by atoms with Crippen molar-refractivity contribution in [3.05, 3.63) is 61.5 Å². The van der Waals surface area contributed by atoms with Crippen molar-refractivity contribution in [1.82, 2.24) is 24.8 Å². The van der Waals surface area contributed by atoms with Crippen molar-refractivity contribution >= 4 is 44.7 Å². The van der Waals surface area contributed by atoms with Gasteiger partial charge in [0, 0.05) is 6.07 Å². The Kier molecular flexibility index (Phi) is 6.62. The van der Waals surface area contributed by atoms with Crippen molar-refractivity contribution < 1.29 is 14.3 Å². The zero-order valence-electron chi connectivity index (χ0n) is 18.2. The third-order valence-corrected chi connectivity index (χ3v) is 5.96. The molecule has 11 nitrogen and oxygen atoms in total. The van der Waals surface area contributed by atoms with Crippen LogP contribution in [-0.4, -0.2) is 37.8 Å². The number of fused-ring (bicyclic) bond motifs is 1. The van der Waals surface area contributed by atoms with E-state index in [0.717, 1.165) is 5.01 Å². The van der Waals surface area contributed by atoms with Crippen LogP contribution in [0.5, 0.6) is 11.5 Å². The highest BCUT2D eigenvalue weighted by molar-refractivity contribution is 7.16. The van der Waals surface area contributed by atoms with Gasteiger partial charge in [0.25, 0.3) is 11.5 Å². The fourth-order valence-corrected chi connectivity index (χ4v) is 4.25. The molecule has 4 rings (SSSR count). The van der Waals surface area contributed by atoms with E-state index in [1.807, 2.05) is 6.07 Å². The Bertz CT molecular complexity index is 1510. The molecule has 0 aliphatic rings. The number of rotatable bonds is 7. The molecule has 34 heavy (non-hydrogen) atoms. The molecule has 0 atom stereocenters. The average molecular weight is 496 g/mol. The van der Waals surface area contributed by atoms with E-state index in [-0.39, 0.29) is 17.7 Å². The number of carbonyl (C=O) groups is 1. The molecule has 172 valence electrons. The highest BCUT2D eigenvalue weighted by Gasteiger charge is 2.14. The Morgan fingerprint density at radius 2 is 2.03 bits per heavy atom. The molecule has 3 heterocycles. The predicted molar refractivity (Wildman–Crippen MR) is 126 cm³/mol. The largest absolute Gasteiger partial charge is 0.493 e. The molecule has 0 saturated carbocycles. The smallest absolute Gasteiger partial charge is 0.275 e. The molecule has 0 fully saturated rings. The molecule has 1 N–H and O–H groups in total. The van der Waals surface area contributed by atoms with Gasteiger partial charge in [0.2, 0.25) is 10.1 Å². The molecule has 4 aromatic rings. The van der Waals surface area contributed by atoms with E-state index in [0.29, 0.717) is 37.9 Å². The number of methoxy groups -OCH3 is 1. The molecule has 0 saturated heterocycles. The molecular weight excluding hydrogens is 478 g/mol. The van der Waals surface area contributed by atoms with Gasteiger partial charge in [-0.2, -0.15) is 14.9 Å². The van der Waals surface area contributed by atoms with E-state index in [2.05, 4.69) is 25.6 Å². The summed E-state index contributed by atoms with van der Waals surface area (Å²) in [4.78, 5) is 29.5. The molecule has 0 unspecified atom stereocenters. The first-order valence-electron chi connectivity index (χ1n) is 9.77. The van der Waals surface area contributed by atoms with Crippen molar-refractivity contribution in [1.29, 1.82) is 5.26 Å². The van der Waals surface area contributed by atoms with E-state index >= 15 is 0 Å². The van der Waals surface area contributed by atoms with E-state index < -0.39 is 5.91 Å². The minimum atomic E-state index is -0.594. The van der Waals surface area contributed by atoms with Gasteiger partial charge in [-0.25, -0.2) is 4.98 Å². The summed E-state index contributed by atoms with van der Waals surface area (Å²) < 4.78 is 12.5. The van der Waals surface area contributed by atoms with Crippen molar-refractivity contribution in [2.45, 2.75) is 20.5 Å². The molecule has 1 aromatic carbocycles. The lowest BCUT2D eigenvalue weighted by molar-refractivity contribution is -0.112. The molecule has 0 bridgehead atoms. The summed E-state index contributed by atoms with van der Waals surface area (Å²) in [6.45, 7) is 3.60. The van der Waals surface area contributed by atoms with E-state index in [1.165, 1.54) is 46.4 Å². The van der Waals surface area contributed by atoms with Crippen LogP contribution in [-0.2, 0) is 11.4 Å². The molecule has 13 heteroatoms. The maximum absolute atomic E-state index is 12.4. The third kappa shape index (κ3) is 5.08. The minimum absolute atomic E-state index is 0.0430. The van der Waals surface area contributed by atoms with Gasteiger partial charge in [-0.05, 0) is 37.6 Å². The quantitative estimate of drug-likeness (QED) is 0.302. The van der Waals surface area contributed by atoms with Gasteiger partial charge in [-0.3, -0.25) is 14.9 Å². The summed E-state index contributed by atoms with van der Waals surface area (Å²) in [5.41, 5.74) is 0.616. The van der Waals surface area contributed by atoms with Crippen LogP contribution in [0.25, 0.3) is 11.0 Å². The monoisotopic (exact) mass is 495 g/mol. The normalized spacial score (nSPS) is 11.3. The molecule has 0 spiro atoms. The summed E-state index contributed by atoms with van der Waals surface area (Å²) in [6, 6.07) is 8.21. The first kappa shape index (κ1) is 23.0. The first-order valence-corrected chi connectivity index (χ1v) is 11.4. The number of benzene rings is 1. The number of aryl methyl sites for hydroxylation is 2. The third-order valence-electron chi connectivity index (χ3n) is 4.38. The molecule has 0 aliphatic heterocycles. The van der Waals surface area contributed by atoms with Crippen molar-refractivity contribution in [2.24, 2.45) is 0 Å². The summed E-state index contributed by atoms with van der Waals surface area (Å²) in [5.74, 6) is 0.205. The Morgan fingerprint density at radius 1 is 1.21 bits per heavy atom. The number of carbonyl (C=O) groups excluding carboxylic acids is 1. The number of aromatic nitrogens is 5. The number of nitrogens with zero attached hydrogens (tertiary/aromatic N) is 6. The molecule has 0 aliphatic carbocycles. The number of nitriles is 1. The molecule has 1 amide bonds. The van der Waals surface area contributed by atoms with Gasteiger partial charge < -0.3 is 9.47 Å². The summed E-state index contributed by atoms with van der Waals surface area (Å²) in [6.07, 6.45) is 1.43. The lowest BCUT2D eigenvalue weighted by Crippen LogP contribution is -2.16. The molecule has 0 radical (unpaired) electrons. The fourth-order valence-electron chi connectivity index (χ4n) is 2.90. The van der Waals surface area contributed by atoms with Crippen LogP contribution < -0.4 is 20.3 Å². The van der Waals surface area contributed by atoms with Crippen LogP contribution in [0.3, 0.4) is 0 Å². The van der Waals surface area contributed by atoms with Gasteiger partial charge >= 0.3 is 0 Å². The van der Waals surface area contributed by atoms with Gasteiger partial charge in [0.05, 0.1) is 12.8 Å². The SMILES string of the molecule is COc1cc(/C=C(/C#N)C(=O)Nc2nnc(C)s2)ccc1OCc1cc(=O)n2nc(C)sc2n1. The number of hydrogen-bond donors (Lipinski definition) is 1. The molecule has 3 aromatic heterocycles. The van der Waals surface area contributed by atoms with Gasteiger partial charge in [0.1, 0.15) is 28.3 Å². The second-order valence-corrected chi connectivity index (χ2v) is 9.19. The Hall–Kier alpha value is -4.15. The Labute approximate surface area is 200 Å². The summed E-state index contributed by atoms with van der Waals surface area (Å²) >= 11 is 2.52. The van der Waals surface area contributed by atoms with Crippen LogP contribution >= 0.6 is 22.7 Å². The fraction of sp³-hybridized carbons (Fsp3) is 0.190. The Morgan fingerprint density at radius 3 is 2.74 bits per heavy atom. The van der Waals surface area contributed by atoms with Gasteiger partial charge in [-0.1, -0.05) is 28.7 Å². The number of amides is 1. The maximum atomic E-state index is 12.4. The van der Waals surface area contributed by atoms with Crippen molar-refractivity contribution in [3.8, 4) is 17.6 Å². The van der Waals surface area contributed by atoms with Crippen molar-refractivity contribution in [3.63, 3.8) is 0 Å². The van der Waals surface area contributed by atoms with Crippen LogP contribution in [0, 0.1) is 25.2 Å². The summed E-state index contributed by atoms with van der Waals surface area (Å²) in [5, 5.41) is 25.5. The number of ether oxygens (including phenoxy) is 2. The maximum Gasteiger partial charge on any atom is 0.275 e. The van der Waals surface area contributed by atoms with Crippen LogP contribution in [0.15, 0.2) is 34.6 Å². The zero-order valence-corrected chi connectivity index (χ0v) is 19.9. The lowest BCUT2D eigenvalue weighted by atomic mass is 10.1. The minimum Gasteiger partial charge on any atom is -0.493 e. The van der Waals surface area contributed by atoms with Crippen LogP contribution in [0.1, 0.15) is 21.3 Å². The summed E-state index contributed by atoms with van der Waals surface area (Å²) in [7, 11) is 1.47. The zero-order chi connectivity index (χ0) is 24.2. The van der Waals surface area contributed by atoms with E-state index in [1.54, 1.807) is 32.0 Å². The van der Waals surface area contributed by atoms with E-state index in [4.69, 9.17) is 9.47 Å². The second kappa shape index (κ2) is 9.77. The van der Waals surface area contributed by atoms with Gasteiger partial charge in [-0.15, -0.1) is 10.2 Å². The van der Waals surface area contributed by atoms with E-state index in [9.17, 15) is 14.9 Å². The number of anilines is 1.